The predicted octanol–water partition coefficient (Wildman–Crippen LogP) is 1.16. The first-order chi connectivity index (χ1) is 9.50. The van der Waals surface area contributed by atoms with Crippen molar-refractivity contribution >= 4 is 11.8 Å². The third-order valence-electron chi connectivity index (χ3n) is 3.36. The van der Waals surface area contributed by atoms with E-state index in [4.69, 9.17) is 0 Å². The van der Waals surface area contributed by atoms with Crippen LogP contribution < -0.4 is 0 Å². The highest BCUT2D eigenvalue weighted by atomic mass is 19.1. The average Bonchev–Trinajstić information content (AvgIpc) is 2.46. The molecule has 0 N–H and O–H groups in total. The monoisotopic (exact) mass is 279 g/mol. The molecule has 1 aliphatic rings. The van der Waals surface area contributed by atoms with E-state index in [0.29, 0.717) is 26.2 Å². The summed E-state index contributed by atoms with van der Waals surface area (Å²) < 4.78 is 13.5. The van der Waals surface area contributed by atoms with Gasteiger partial charge in [0.05, 0.1) is 5.56 Å². The summed E-state index contributed by atoms with van der Waals surface area (Å²) in [7, 11) is 0. The topological polar surface area (TPSA) is 53.5 Å². The van der Waals surface area contributed by atoms with E-state index in [9.17, 15) is 14.0 Å². The van der Waals surface area contributed by atoms with Crippen molar-refractivity contribution in [3.8, 4) is 0 Å². The van der Waals surface area contributed by atoms with E-state index in [1.54, 1.807) is 9.80 Å². The van der Waals surface area contributed by atoms with E-state index >= 15 is 0 Å². The van der Waals surface area contributed by atoms with Gasteiger partial charge in [0.2, 0.25) is 11.9 Å². The van der Waals surface area contributed by atoms with E-state index in [1.165, 1.54) is 18.3 Å². The van der Waals surface area contributed by atoms with Gasteiger partial charge in [-0.15, -0.1) is 0 Å². The third kappa shape index (κ3) is 2.95. The van der Waals surface area contributed by atoms with E-state index < -0.39 is 5.95 Å². The third-order valence-corrected chi connectivity index (χ3v) is 3.36. The quantitative estimate of drug-likeness (QED) is 0.763. The van der Waals surface area contributed by atoms with Crippen LogP contribution in [0.5, 0.6) is 0 Å². The van der Waals surface area contributed by atoms with Crippen molar-refractivity contribution in [2.24, 2.45) is 5.92 Å². The molecule has 0 aliphatic carbocycles. The second-order valence-corrected chi connectivity index (χ2v) is 5.11. The Morgan fingerprint density at radius 3 is 2.35 bits per heavy atom. The highest BCUT2D eigenvalue weighted by Gasteiger charge is 2.27. The number of pyridine rings is 1. The molecule has 2 rings (SSSR count). The summed E-state index contributed by atoms with van der Waals surface area (Å²) >= 11 is 0. The van der Waals surface area contributed by atoms with Crippen LogP contribution >= 0.6 is 0 Å². The first kappa shape index (κ1) is 14.4. The Bertz CT molecular complexity index is 511. The van der Waals surface area contributed by atoms with Gasteiger partial charge in [0.15, 0.2) is 0 Å². The van der Waals surface area contributed by atoms with Crippen molar-refractivity contribution in [1.82, 2.24) is 14.8 Å². The highest BCUT2D eigenvalue weighted by Crippen LogP contribution is 2.12. The number of carbonyl (C=O) groups is 2. The Kier molecular flexibility index (Phi) is 4.32. The molecule has 0 aromatic carbocycles. The molecule has 0 saturated carbocycles. The number of halogens is 1. The molecular formula is C14H18FN3O2. The lowest BCUT2D eigenvalue weighted by Crippen LogP contribution is -2.51. The average molecular weight is 279 g/mol. The lowest BCUT2D eigenvalue weighted by molar-refractivity contribution is -0.135. The fraction of sp³-hybridized carbons (Fsp3) is 0.500. The second-order valence-electron chi connectivity index (χ2n) is 5.11. The molecule has 108 valence electrons. The smallest absolute Gasteiger partial charge is 0.258 e. The number of carbonyl (C=O) groups excluding carboxylic acids is 2. The molecule has 0 bridgehead atoms. The maximum Gasteiger partial charge on any atom is 0.258 e. The molecule has 0 spiro atoms. The van der Waals surface area contributed by atoms with Crippen LogP contribution in [0.25, 0.3) is 0 Å². The lowest BCUT2D eigenvalue weighted by Gasteiger charge is -2.35. The van der Waals surface area contributed by atoms with Crippen LogP contribution in [-0.2, 0) is 4.79 Å². The summed E-state index contributed by atoms with van der Waals surface area (Å²) in [6, 6.07) is 2.96. The van der Waals surface area contributed by atoms with Gasteiger partial charge in [0, 0.05) is 38.3 Å². The number of hydrogen-bond donors (Lipinski definition) is 0. The number of hydrogen-bond acceptors (Lipinski definition) is 3. The van der Waals surface area contributed by atoms with Gasteiger partial charge < -0.3 is 9.80 Å². The Labute approximate surface area is 117 Å². The first-order valence-corrected chi connectivity index (χ1v) is 6.69. The number of nitrogens with zero attached hydrogens (tertiary/aromatic N) is 3. The van der Waals surface area contributed by atoms with Gasteiger partial charge in [-0.2, -0.15) is 4.39 Å². The number of amides is 2. The van der Waals surface area contributed by atoms with Gasteiger partial charge in [-0.1, -0.05) is 13.8 Å². The zero-order valence-corrected chi connectivity index (χ0v) is 11.7. The molecule has 0 atom stereocenters. The van der Waals surface area contributed by atoms with Crippen molar-refractivity contribution in [2.45, 2.75) is 13.8 Å². The molecule has 5 nitrogen and oxygen atoms in total. The molecule has 1 saturated heterocycles. The minimum Gasteiger partial charge on any atom is -0.339 e. The summed E-state index contributed by atoms with van der Waals surface area (Å²) in [6.07, 6.45) is 1.31. The zero-order valence-electron chi connectivity index (χ0n) is 11.7. The Balaban J connectivity index is 1.99. The van der Waals surface area contributed by atoms with Crippen molar-refractivity contribution in [2.75, 3.05) is 26.2 Å². The van der Waals surface area contributed by atoms with Crippen molar-refractivity contribution in [1.29, 1.82) is 0 Å². The van der Waals surface area contributed by atoms with Gasteiger partial charge >= 0.3 is 0 Å². The maximum absolute atomic E-state index is 13.5. The second kappa shape index (κ2) is 5.98. The molecule has 1 fully saturated rings. The van der Waals surface area contributed by atoms with E-state index in [-0.39, 0.29) is 23.3 Å². The van der Waals surface area contributed by atoms with E-state index in [0.717, 1.165) is 0 Å². The fourth-order valence-corrected chi connectivity index (χ4v) is 2.21. The first-order valence-electron chi connectivity index (χ1n) is 6.69. The molecule has 6 heteroatoms. The number of aromatic nitrogens is 1. The standard InChI is InChI=1S/C14H18FN3O2/c1-10(2)13(19)17-6-8-18(9-7-17)14(20)11-4-3-5-16-12(11)15/h3-5,10H,6-9H2,1-2H3. The lowest BCUT2D eigenvalue weighted by atomic mass is 10.1. The minimum absolute atomic E-state index is 0.0175. The summed E-state index contributed by atoms with van der Waals surface area (Å²) in [5.41, 5.74) is -0.0175. The van der Waals surface area contributed by atoms with Crippen molar-refractivity contribution in [3.63, 3.8) is 0 Å². The minimum atomic E-state index is -0.752. The van der Waals surface area contributed by atoms with Gasteiger partial charge in [-0.05, 0) is 12.1 Å². The fourth-order valence-electron chi connectivity index (χ4n) is 2.21. The van der Waals surface area contributed by atoms with E-state index in [2.05, 4.69) is 4.98 Å². The van der Waals surface area contributed by atoms with Crippen LogP contribution in [-0.4, -0.2) is 52.8 Å². The zero-order chi connectivity index (χ0) is 14.7. The van der Waals surface area contributed by atoms with Gasteiger partial charge in [-0.3, -0.25) is 9.59 Å². The van der Waals surface area contributed by atoms with Crippen LogP contribution in [0, 0.1) is 11.9 Å². The summed E-state index contributed by atoms with van der Waals surface area (Å²) in [4.78, 5) is 30.8. The van der Waals surface area contributed by atoms with E-state index in [1.807, 2.05) is 13.8 Å². The van der Waals surface area contributed by atoms with Crippen LogP contribution in [0.4, 0.5) is 4.39 Å². The Morgan fingerprint density at radius 2 is 1.80 bits per heavy atom. The molecule has 2 heterocycles. The van der Waals surface area contributed by atoms with Crippen LogP contribution in [0.2, 0.25) is 0 Å². The van der Waals surface area contributed by atoms with Crippen LogP contribution in [0.15, 0.2) is 18.3 Å². The van der Waals surface area contributed by atoms with Crippen LogP contribution in [0.3, 0.4) is 0 Å². The molecule has 0 unspecified atom stereocenters. The largest absolute Gasteiger partial charge is 0.339 e. The molecule has 0 radical (unpaired) electrons. The summed E-state index contributed by atoms with van der Waals surface area (Å²) in [5, 5.41) is 0. The SMILES string of the molecule is CC(C)C(=O)N1CCN(C(=O)c2cccnc2F)CC1. The Morgan fingerprint density at radius 1 is 1.20 bits per heavy atom. The van der Waals surface area contributed by atoms with Gasteiger partial charge in [0.1, 0.15) is 0 Å². The molecule has 20 heavy (non-hydrogen) atoms. The maximum atomic E-state index is 13.5. The molecule has 1 aromatic rings. The molecule has 2 amide bonds. The van der Waals surface area contributed by atoms with Crippen LogP contribution in [0.1, 0.15) is 24.2 Å². The molecular weight excluding hydrogens is 261 g/mol. The van der Waals surface area contributed by atoms with Crippen molar-refractivity contribution < 1.29 is 14.0 Å². The number of rotatable bonds is 2. The molecule has 1 aromatic heterocycles. The predicted molar refractivity (Wildman–Crippen MR) is 71.5 cm³/mol. The molecule has 1 aliphatic heterocycles. The normalized spacial score (nSPS) is 15.6. The summed E-state index contributed by atoms with van der Waals surface area (Å²) in [5.74, 6) is -1.08. The van der Waals surface area contributed by atoms with Gasteiger partial charge in [0.25, 0.3) is 5.91 Å². The highest BCUT2D eigenvalue weighted by molar-refractivity contribution is 5.94. The van der Waals surface area contributed by atoms with Gasteiger partial charge in [-0.25, -0.2) is 4.98 Å². The Hall–Kier alpha value is -1.98. The number of piperazine rings is 1. The van der Waals surface area contributed by atoms with Crippen molar-refractivity contribution in [3.05, 3.63) is 29.8 Å². The summed E-state index contributed by atoms with van der Waals surface area (Å²) in [6.45, 7) is 5.53.